The van der Waals surface area contributed by atoms with E-state index < -0.39 is 35.7 Å². The van der Waals surface area contributed by atoms with Crippen molar-refractivity contribution in [2.24, 2.45) is 7.05 Å². The van der Waals surface area contributed by atoms with Gasteiger partial charge in [0, 0.05) is 18.7 Å². The van der Waals surface area contributed by atoms with Crippen LogP contribution in [0.25, 0.3) is 0 Å². The average molecular weight is 346 g/mol. The normalized spacial score (nSPS) is 20.3. The lowest BCUT2D eigenvalue weighted by Crippen LogP contribution is -2.36. The average Bonchev–Trinajstić information content (AvgIpc) is 2.84. The highest BCUT2D eigenvalue weighted by Crippen LogP contribution is 2.45. The Morgan fingerprint density at radius 2 is 1.86 bits per heavy atom. The third-order valence-corrected chi connectivity index (χ3v) is 3.64. The van der Waals surface area contributed by atoms with E-state index in [0.717, 1.165) is 7.05 Å². The number of carbonyl (C=O) groups excluding carboxylic acids is 1. The lowest BCUT2D eigenvalue weighted by molar-refractivity contribution is -0.291. The zero-order valence-electron chi connectivity index (χ0n) is 11.1. The fourth-order valence-corrected chi connectivity index (χ4v) is 2.12. The predicted octanol–water partition coefficient (Wildman–Crippen LogP) is 2.25. The first-order chi connectivity index (χ1) is 9.89. The van der Waals surface area contributed by atoms with E-state index in [-0.39, 0.29) is 10.6 Å². The molecule has 1 amide bonds. The molecule has 0 fully saturated rings. The van der Waals surface area contributed by atoms with Gasteiger partial charge in [0.05, 0.1) is 0 Å². The van der Waals surface area contributed by atoms with Crippen LogP contribution in [0.1, 0.15) is 12.6 Å². The molecule has 0 saturated heterocycles. The second kappa shape index (κ2) is 4.92. The van der Waals surface area contributed by atoms with Crippen molar-refractivity contribution in [3.05, 3.63) is 22.4 Å². The summed E-state index contributed by atoms with van der Waals surface area (Å²) in [6.45, 7) is 1.32. The van der Waals surface area contributed by atoms with Crippen molar-refractivity contribution < 1.29 is 31.9 Å². The van der Waals surface area contributed by atoms with E-state index in [1.54, 1.807) is 0 Å². The van der Waals surface area contributed by atoms with E-state index >= 15 is 0 Å². The molecule has 2 heterocycles. The monoisotopic (exact) mass is 345 g/mol. The van der Waals surface area contributed by atoms with Crippen molar-refractivity contribution in [1.29, 1.82) is 0 Å². The van der Waals surface area contributed by atoms with Gasteiger partial charge in [-0.15, -0.1) is 0 Å². The minimum Gasteiger partial charge on any atom is -0.369 e. The van der Waals surface area contributed by atoms with E-state index in [1.807, 2.05) is 0 Å². The number of alkyl halides is 5. The molecule has 0 radical (unpaired) electrons. The van der Waals surface area contributed by atoms with Gasteiger partial charge >= 0.3 is 12.1 Å². The molecular weight excluding hydrogens is 337 g/mol. The number of amides is 1. The Hall–Kier alpha value is -1.68. The molecule has 0 aliphatic carbocycles. The first-order valence-electron chi connectivity index (χ1n) is 5.76. The summed E-state index contributed by atoms with van der Waals surface area (Å²) in [4.78, 5) is 12.3. The van der Waals surface area contributed by atoms with Gasteiger partial charge in [-0.3, -0.25) is 14.4 Å². The van der Waals surface area contributed by atoms with Crippen LogP contribution >= 0.6 is 11.6 Å². The maximum absolute atomic E-state index is 13.4. The van der Waals surface area contributed by atoms with E-state index in [4.69, 9.17) is 11.6 Å². The number of aliphatic hydroxyl groups is 1. The number of nitrogens with zero attached hydrogens (tertiary/aromatic N) is 3. The Morgan fingerprint density at radius 1 is 1.32 bits per heavy atom. The van der Waals surface area contributed by atoms with Crippen LogP contribution in [-0.4, -0.2) is 33.2 Å². The predicted molar refractivity (Wildman–Crippen MR) is 65.2 cm³/mol. The molecule has 1 aliphatic heterocycles. The van der Waals surface area contributed by atoms with Crippen LogP contribution in [0.4, 0.5) is 27.8 Å². The highest BCUT2D eigenvalue weighted by Gasteiger charge is 2.60. The largest absolute Gasteiger partial charge is 0.459 e. The first-order valence-corrected chi connectivity index (χ1v) is 6.14. The van der Waals surface area contributed by atoms with Crippen LogP contribution < -0.4 is 4.90 Å². The standard InChI is InChI=1S/C11H9ClF5N3O2/c1-4-7(12)9(22)20(8(4)21)6-3-5(19(2)18-6)10(13,14)11(15,16)17/h3,8,21H,1-2H3. The Kier molecular flexibility index (Phi) is 3.73. The van der Waals surface area contributed by atoms with Gasteiger partial charge < -0.3 is 5.11 Å². The molecule has 1 aliphatic rings. The Morgan fingerprint density at radius 3 is 2.27 bits per heavy atom. The molecule has 122 valence electrons. The Balaban J connectivity index is 2.47. The lowest BCUT2D eigenvalue weighted by atomic mass is 10.2. The number of aromatic nitrogens is 2. The van der Waals surface area contributed by atoms with Crippen LogP contribution in [0.3, 0.4) is 0 Å². The molecule has 0 aromatic carbocycles. The maximum atomic E-state index is 13.4. The van der Waals surface area contributed by atoms with E-state index in [9.17, 15) is 31.9 Å². The molecule has 0 saturated carbocycles. The number of hydrogen-bond donors (Lipinski definition) is 1. The van der Waals surface area contributed by atoms with Gasteiger partial charge in [0.1, 0.15) is 10.7 Å². The first kappa shape index (κ1) is 16.7. The van der Waals surface area contributed by atoms with Crippen molar-refractivity contribution in [3.63, 3.8) is 0 Å². The molecule has 22 heavy (non-hydrogen) atoms. The van der Waals surface area contributed by atoms with Crippen molar-refractivity contribution >= 4 is 23.3 Å². The number of carbonyl (C=O) groups is 1. The van der Waals surface area contributed by atoms with E-state index in [1.165, 1.54) is 6.92 Å². The fraction of sp³-hybridized carbons (Fsp3) is 0.455. The molecule has 1 N–H and O–H groups in total. The zero-order chi connectivity index (χ0) is 17.0. The summed E-state index contributed by atoms with van der Waals surface area (Å²) in [7, 11) is 0.868. The highest BCUT2D eigenvalue weighted by molar-refractivity contribution is 6.45. The van der Waals surface area contributed by atoms with Crippen molar-refractivity contribution in [1.82, 2.24) is 9.78 Å². The number of anilines is 1. The summed E-state index contributed by atoms with van der Waals surface area (Å²) >= 11 is 5.63. The van der Waals surface area contributed by atoms with Crippen LogP contribution in [0.15, 0.2) is 16.7 Å². The van der Waals surface area contributed by atoms with Crippen molar-refractivity contribution in [2.45, 2.75) is 25.3 Å². The number of aryl methyl sites for hydroxylation is 1. The third kappa shape index (κ3) is 2.26. The third-order valence-electron chi connectivity index (χ3n) is 3.18. The summed E-state index contributed by atoms with van der Waals surface area (Å²) < 4.78 is 64.3. The molecule has 1 aromatic rings. The quantitative estimate of drug-likeness (QED) is 0.836. The van der Waals surface area contributed by atoms with E-state index in [0.29, 0.717) is 15.6 Å². The van der Waals surface area contributed by atoms with Crippen molar-refractivity contribution in [3.8, 4) is 0 Å². The summed E-state index contributed by atoms with van der Waals surface area (Å²) in [5.41, 5.74) is -1.42. The molecule has 0 spiro atoms. The molecule has 0 bridgehead atoms. The van der Waals surface area contributed by atoms with Gasteiger partial charge in [0.2, 0.25) is 0 Å². The van der Waals surface area contributed by atoms with Crippen LogP contribution in [0.2, 0.25) is 0 Å². The SMILES string of the molecule is CC1=C(Cl)C(=O)N(c2cc(C(F)(F)C(F)(F)F)n(C)n2)C1O. The molecule has 2 rings (SSSR count). The van der Waals surface area contributed by atoms with Gasteiger partial charge in [-0.2, -0.15) is 27.1 Å². The minimum absolute atomic E-state index is 0.0430. The van der Waals surface area contributed by atoms with Crippen LogP contribution in [-0.2, 0) is 17.8 Å². The van der Waals surface area contributed by atoms with Gasteiger partial charge in [-0.05, 0) is 6.92 Å². The highest BCUT2D eigenvalue weighted by atomic mass is 35.5. The smallest absolute Gasteiger partial charge is 0.369 e. The molecule has 1 aromatic heterocycles. The topological polar surface area (TPSA) is 58.4 Å². The number of hydrogen-bond acceptors (Lipinski definition) is 3. The molecule has 11 heteroatoms. The Labute approximate surface area is 125 Å². The summed E-state index contributed by atoms with van der Waals surface area (Å²) in [5, 5.41) is 12.9. The summed E-state index contributed by atoms with van der Waals surface area (Å²) in [6, 6.07) is 0.386. The second-order valence-corrected chi connectivity index (χ2v) is 5.01. The van der Waals surface area contributed by atoms with Gasteiger partial charge in [0.25, 0.3) is 5.91 Å². The van der Waals surface area contributed by atoms with Crippen LogP contribution in [0.5, 0.6) is 0 Å². The van der Waals surface area contributed by atoms with Crippen molar-refractivity contribution in [2.75, 3.05) is 4.90 Å². The van der Waals surface area contributed by atoms with E-state index in [2.05, 4.69) is 5.10 Å². The zero-order valence-corrected chi connectivity index (χ0v) is 11.9. The second-order valence-electron chi connectivity index (χ2n) is 4.63. The van der Waals surface area contributed by atoms with Gasteiger partial charge in [0.15, 0.2) is 12.0 Å². The fourth-order valence-electron chi connectivity index (χ4n) is 1.93. The Bertz CT molecular complexity index is 667. The summed E-state index contributed by atoms with van der Waals surface area (Å²) in [6.07, 6.45) is -7.40. The number of aliphatic hydroxyl groups excluding tert-OH is 1. The molecule has 1 atom stereocenters. The molecule has 1 unspecified atom stereocenters. The number of rotatable bonds is 2. The number of halogens is 6. The van der Waals surface area contributed by atoms with Crippen LogP contribution in [0, 0.1) is 0 Å². The lowest BCUT2D eigenvalue weighted by Gasteiger charge is -2.19. The minimum atomic E-state index is -5.82. The maximum Gasteiger partial charge on any atom is 0.459 e. The van der Waals surface area contributed by atoms with Gasteiger partial charge in [-0.25, -0.2) is 0 Å². The molecule has 5 nitrogen and oxygen atoms in total. The molecular formula is C11H9ClF5N3O2. The summed E-state index contributed by atoms with van der Waals surface area (Å²) in [5.74, 6) is -6.66. The van der Waals surface area contributed by atoms with Gasteiger partial charge in [-0.1, -0.05) is 11.6 Å².